The Labute approximate surface area is 126 Å². The van der Waals surface area contributed by atoms with Crippen molar-refractivity contribution in [2.24, 2.45) is 4.99 Å². The molecule has 0 aromatic carbocycles. The van der Waals surface area contributed by atoms with Crippen LogP contribution in [0.2, 0.25) is 0 Å². The third kappa shape index (κ3) is 2.36. The fraction of sp³-hybridized carbons (Fsp3) is 0.357. The molecule has 1 saturated heterocycles. The topological polar surface area (TPSA) is 131 Å². The van der Waals surface area contributed by atoms with Crippen LogP contribution in [0.3, 0.4) is 0 Å². The molecular formula is C14H14N4O4. The van der Waals surface area contributed by atoms with E-state index in [-0.39, 0.29) is 5.57 Å². The second-order valence-corrected chi connectivity index (χ2v) is 4.97. The van der Waals surface area contributed by atoms with Crippen molar-refractivity contribution in [3.8, 4) is 6.07 Å². The Morgan fingerprint density at radius 2 is 2.18 bits per heavy atom. The molecule has 2 aliphatic heterocycles. The lowest BCUT2D eigenvalue weighted by Gasteiger charge is -2.20. The summed E-state index contributed by atoms with van der Waals surface area (Å²) in [5.74, 6) is 0. The monoisotopic (exact) mass is 302 g/mol. The number of nitriles is 1. The summed E-state index contributed by atoms with van der Waals surface area (Å²) in [4.78, 5) is 8.12. The summed E-state index contributed by atoms with van der Waals surface area (Å²) in [5, 5.41) is 41.5. The van der Waals surface area contributed by atoms with Gasteiger partial charge in [0.2, 0.25) is 0 Å². The van der Waals surface area contributed by atoms with Crippen LogP contribution in [-0.2, 0) is 4.74 Å². The van der Waals surface area contributed by atoms with E-state index in [1.807, 2.05) is 6.07 Å². The Bertz CT molecular complexity index is 682. The van der Waals surface area contributed by atoms with Gasteiger partial charge in [0.15, 0.2) is 0 Å². The lowest BCUT2D eigenvalue weighted by atomic mass is 10.0. The summed E-state index contributed by atoms with van der Waals surface area (Å²) in [6.45, 7) is -0.432. The minimum atomic E-state index is -1.26. The zero-order valence-electron chi connectivity index (χ0n) is 11.4. The molecule has 0 spiro atoms. The molecule has 0 radical (unpaired) electrons. The molecule has 1 aromatic heterocycles. The van der Waals surface area contributed by atoms with E-state index >= 15 is 0 Å². The van der Waals surface area contributed by atoms with Crippen LogP contribution in [0.25, 0.3) is 0 Å². The molecule has 3 rings (SSSR count). The summed E-state index contributed by atoms with van der Waals surface area (Å²) < 4.78 is 5.48. The van der Waals surface area contributed by atoms with Crippen LogP contribution in [0.15, 0.2) is 34.7 Å². The number of nitrogens with one attached hydrogen (secondary N) is 1. The van der Waals surface area contributed by atoms with Crippen molar-refractivity contribution in [2.45, 2.75) is 24.4 Å². The minimum Gasteiger partial charge on any atom is -0.394 e. The van der Waals surface area contributed by atoms with Crippen molar-refractivity contribution in [1.82, 2.24) is 4.98 Å². The van der Waals surface area contributed by atoms with E-state index in [1.165, 1.54) is 12.4 Å². The van der Waals surface area contributed by atoms with Gasteiger partial charge in [0.1, 0.15) is 36.2 Å². The molecule has 2 aliphatic rings. The molecule has 0 amide bonds. The first-order chi connectivity index (χ1) is 10.7. The first-order valence-electron chi connectivity index (χ1n) is 6.67. The van der Waals surface area contributed by atoms with Crippen LogP contribution in [-0.4, -0.2) is 57.5 Å². The Kier molecular flexibility index (Phi) is 3.87. The largest absolute Gasteiger partial charge is 0.394 e. The third-order valence-corrected chi connectivity index (χ3v) is 3.64. The zero-order chi connectivity index (χ0) is 15.7. The maximum atomic E-state index is 10.1. The van der Waals surface area contributed by atoms with Crippen molar-refractivity contribution in [3.05, 3.63) is 29.7 Å². The fourth-order valence-electron chi connectivity index (χ4n) is 2.46. The second-order valence-electron chi connectivity index (χ2n) is 4.97. The molecule has 22 heavy (non-hydrogen) atoms. The van der Waals surface area contributed by atoms with Crippen LogP contribution in [0.4, 0.5) is 11.4 Å². The predicted octanol–water partition coefficient (Wildman–Crippen LogP) is -0.531. The maximum Gasteiger partial charge on any atom is 0.128 e. The highest BCUT2D eigenvalue weighted by molar-refractivity contribution is 5.91. The first-order valence-corrected chi connectivity index (χ1v) is 6.67. The van der Waals surface area contributed by atoms with Crippen molar-refractivity contribution in [2.75, 3.05) is 11.9 Å². The normalized spacial score (nSPS) is 30.5. The van der Waals surface area contributed by atoms with Gasteiger partial charge in [-0.1, -0.05) is 0 Å². The number of aliphatic hydroxyl groups is 3. The van der Waals surface area contributed by atoms with Crippen molar-refractivity contribution < 1.29 is 20.1 Å². The molecule has 8 nitrogen and oxygen atoms in total. The van der Waals surface area contributed by atoms with Gasteiger partial charge in [-0.15, -0.1) is 0 Å². The molecule has 114 valence electrons. The van der Waals surface area contributed by atoms with Crippen molar-refractivity contribution in [1.29, 1.82) is 5.26 Å². The van der Waals surface area contributed by atoms with Crippen molar-refractivity contribution in [3.63, 3.8) is 0 Å². The summed E-state index contributed by atoms with van der Waals surface area (Å²) >= 11 is 0. The second kappa shape index (κ2) is 5.82. The average Bonchev–Trinajstić information content (AvgIpc) is 2.73. The number of hydrogen-bond donors (Lipinski definition) is 4. The number of aliphatic imine (C=N–C) groups is 1. The molecule has 0 aliphatic carbocycles. The molecule has 1 aromatic rings. The van der Waals surface area contributed by atoms with Gasteiger partial charge in [-0.2, -0.15) is 5.26 Å². The fourth-order valence-corrected chi connectivity index (χ4v) is 2.46. The molecule has 0 saturated carbocycles. The highest BCUT2D eigenvalue weighted by Gasteiger charge is 2.45. The van der Waals surface area contributed by atoms with Gasteiger partial charge in [-0.25, -0.2) is 0 Å². The van der Waals surface area contributed by atoms with E-state index in [0.29, 0.717) is 17.1 Å². The molecule has 4 N–H and O–H groups in total. The Balaban J connectivity index is 2.00. The minimum absolute atomic E-state index is 0.172. The summed E-state index contributed by atoms with van der Waals surface area (Å²) in [7, 11) is 0. The van der Waals surface area contributed by atoms with Crippen LogP contribution >= 0.6 is 0 Å². The van der Waals surface area contributed by atoms with Gasteiger partial charge in [-0.05, 0) is 6.07 Å². The Morgan fingerprint density at radius 1 is 1.36 bits per heavy atom. The Hall–Kier alpha value is -2.31. The van der Waals surface area contributed by atoms with E-state index < -0.39 is 31.0 Å². The molecular weight excluding hydrogens is 288 g/mol. The number of allylic oxidation sites excluding steroid dienone is 1. The Morgan fingerprint density at radius 3 is 2.86 bits per heavy atom. The number of aromatic nitrogens is 1. The number of nitrogens with zero attached hydrogens (tertiary/aromatic N) is 3. The lowest BCUT2D eigenvalue weighted by molar-refractivity contribution is -0.0137. The summed E-state index contributed by atoms with van der Waals surface area (Å²) in [6, 6.07) is 3.66. The van der Waals surface area contributed by atoms with E-state index in [0.717, 1.165) is 0 Å². The zero-order valence-corrected chi connectivity index (χ0v) is 11.4. The third-order valence-electron chi connectivity index (χ3n) is 3.64. The van der Waals surface area contributed by atoms with E-state index in [2.05, 4.69) is 15.3 Å². The van der Waals surface area contributed by atoms with Crippen LogP contribution in [0.1, 0.15) is 0 Å². The first kappa shape index (κ1) is 14.6. The summed E-state index contributed by atoms with van der Waals surface area (Å²) in [5.41, 5.74) is 1.60. The van der Waals surface area contributed by atoms with Crippen LogP contribution in [0.5, 0.6) is 0 Å². The number of fused-ring (bicyclic) bond motifs is 1. The van der Waals surface area contributed by atoms with Gasteiger partial charge >= 0.3 is 0 Å². The van der Waals surface area contributed by atoms with Gasteiger partial charge < -0.3 is 25.4 Å². The number of anilines is 1. The lowest BCUT2D eigenvalue weighted by Crippen LogP contribution is -2.35. The number of hydrogen-bond acceptors (Lipinski definition) is 8. The van der Waals surface area contributed by atoms with Crippen molar-refractivity contribution >= 4 is 17.6 Å². The smallest absolute Gasteiger partial charge is 0.128 e. The summed E-state index contributed by atoms with van der Waals surface area (Å²) in [6.07, 6.45) is 0.0756. The quantitative estimate of drug-likeness (QED) is 0.577. The number of pyridine rings is 1. The molecule has 0 unspecified atom stereocenters. The van der Waals surface area contributed by atoms with Crippen LogP contribution in [0, 0.1) is 11.3 Å². The number of aliphatic hydroxyl groups excluding tert-OH is 3. The molecule has 3 heterocycles. The van der Waals surface area contributed by atoms with Gasteiger partial charge in [0.25, 0.3) is 0 Å². The average molecular weight is 302 g/mol. The highest BCUT2D eigenvalue weighted by Crippen LogP contribution is 2.33. The van der Waals surface area contributed by atoms with E-state index in [4.69, 9.17) is 4.74 Å². The molecule has 1 fully saturated rings. The highest BCUT2D eigenvalue weighted by atomic mass is 16.6. The molecule has 0 bridgehead atoms. The molecule has 8 heteroatoms. The number of ether oxygens (including phenoxy) is 1. The van der Waals surface area contributed by atoms with E-state index in [1.54, 1.807) is 12.3 Å². The maximum absolute atomic E-state index is 10.1. The SMILES string of the molecule is N#CC1=C([C@@H]2O[C@H](CO)[C@@H](O)[C@H]2O)Nc2ccncc2N=C1. The van der Waals surface area contributed by atoms with Gasteiger partial charge in [0, 0.05) is 12.4 Å². The predicted molar refractivity (Wildman–Crippen MR) is 76.4 cm³/mol. The standard InChI is InChI=1S/C14H14N4O4/c15-3-7-4-17-9-5-16-2-1-8(9)18-11(7)14-13(21)12(20)10(6-19)22-14/h1-2,4-5,10,12-14,18-21H,6H2/t10-,12-,13-,14+/m1/s1. The molecule has 4 atom stereocenters. The van der Waals surface area contributed by atoms with Gasteiger partial charge in [-0.3, -0.25) is 9.98 Å². The van der Waals surface area contributed by atoms with Gasteiger partial charge in [0.05, 0.1) is 29.8 Å². The number of rotatable bonds is 2. The van der Waals surface area contributed by atoms with Crippen LogP contribution < -0.4 is 5.32 Å². The van der Waals surface area contributed by atoms with E-state index in [9.17, 15) is 20.6 Å².